The van der Waals surface area contributed by atoms with Crippen LogP contribution < -0.4 is 11.2 Å². The second-order valence-corrected chi connectivity index (χ2v) is 4.92. The highest BCUT2D eigenvalue weighted by molar-refractivity contribution is 5.98. The first kappa shape index (κ1) is 14.1. The lowest BCUT2D eigenvalue weighted by atomic mass is 10.1. The molecule has 112 valence electrons. The number of nitrogens with two attached hydrogens (primary N) is 1. The summed E-state index contributed by atoms with van der Waals surface area (Å²) in [5.74, 6) is -0.647. The number of aryl methyl sites for hydroxylation is 1. The minimum absolute atomic E-state index is 0.0507. The number of carbonyl (C=O) groups excluding carboxylic acids is 1. The van der Waals surface area contributed by atoms with E-state index in [4.69, 9.17) is 14.9 Å². The number of ether oxygens (including phenoxy) is 1. The first-order valence-electron chi connectivity index (χ1n) is 6.82. The molecule has 0 unspecified atom stereocenters. The SMILES string of the molecule is CCOC(=O)c1cc2oc3ccc(C)cc3c(=O)c2nc1N. The van der Waals surface area contributed by atoms with Crippen LogP contribution in [0.1, 0.15) is 22.8 Å². The van der Waals surface area contributed by atoms with Crippen LogP contribution in [0.5, 0.6) is 0 Å². The zero-order chi connectivity index (χ0) is 15.9. The molecule has 0 spiro atoms. The third-order valence-electron chi connectivity index (χ3n) is 3.33. The summed E-state index contributed by atoms with van der Waals surface area (Å²) >= 11 is 0. The highest BCUT2D eigenvalue weighted by Crippen LogP contribution is 2.22. The lowest BCUT2D eigenvalue weighted by Gasteiger charge is -2.07. The van der Waals surface area contributed by atoms with Crippen LogP contribution in [0.15, 0.2) is 33.5 Å². The van der Waals surface area contributed by atoms with E-state index in [0.717, 1.165) is 5.56 Å². The van der Waals surface area contributed by atoms with E-state index >= 15 is 0 Å². The fourth-order valence-corrected chi connectivity index (χ4v) is 2.28. The van der Waals surface area contributed by atoms with Gasteiger partial charge in [0.1, 0.15) is 17.0 Å². The molecule has 0 saturated heterocycles. The van der Waals surface area contributed by atoms with Crippen LogP contribution in [0, 0.1) is 6.92 Å². The Morgan fingerprint density at radius 1 is 1.32 bits per heavy atom. The van der Waals surface area contributed by atoms with Crippen LogP contribution in [0.2, 0.25) is 0 Å². The van der Waals surface area contributed by atoms with Crippen molar-refractivity contribution in [1.29, 1.82) is 0 Å². The van der Waals surface area contributed by atoms with Gasteiger partial charge in [-0.05, 0) is 26.0 Å². The van der Waals surface area contributed by atoms with E-state index in [1.807, 2.05) is 13.0 Å². The van der Waals surface area contributed by atoms with Gasteiger partial charge in [-0.2, -0.15) is 0 Å². The second kappa shape index (κ2) is 5.14. The molecule has 2 aromatic heterocycles. The third kappa shape index (κ3) is 2.18. The Labute approximate surface area is 125 Å². The summed E-state index contributed by atoms with van der Waals surface area (Å²) in [6.07, 6.45) is 0. The predicted molar refractivity (Wildman–Crippen MR) is 82.9 cm³/mol. The van der Waals surface area contributed by atoms with Gasteiger partial charge in [0.2, 0.25) is 5.43 Å². The number of hydrogen-bond acceptors (Lipinski definition) is 6. The predicted octanol–water partition coefficient (Wildman–Crippen LogP) is 2.41. The summed E-state index contributed by atoms with van der Waals surface area (Å²) in [7, 11) is 0. The van der Waals surface area contributed by atoms with Gasteiger partial charge in [-0.15, -0.1) is 0 Å². The number of nitrogen functional groups attached to an aromatic ring is 1. The molecule has 3 aromatic rings. The largest absolute Gasteiger partial charge is 0.462 e. The van der Waals surface area contributed by atoms with Gasteiger partial charge in [0.25, 0.3) is 0 Å². The maximum absolute atomic E-state index is 12.5. The summed E-state index contributed by atoms with van der Waals surface area (Å²) in [5.41, 5.74) is 7.26. The first-order valence-corrected chi connectivity index (χ1v) is 6.82. The Morgan fingerprint density at radius 3 is 2.82 bits per heavy atom. The highest BCUT2D eigenvalue weighted by atomic mass is 16.5. The number of pyridine rings is 1. The van der Waals surface area contributed by atoms with E-state index < -0.39 is 5.97 Å². The van der Waals surface area contributed by atoms with Crippen molar-refractivity contribution < 1.29 is 13.9 Å². The lowest BCUT2D eigenvalue weighted by Crippen LogP contribution is -2.12. The topological polar surface area (TPSA) is 95.4 Å². The van der Waals surface area contributed by atoms with Gasteiger partial charge in [0.15, 0.2) is 11.1 Å². The Balaban J connectivity index is 2.34. The monoisotopic (exact) mass is 298 g/mol. The number of esters is 1. The molecule has 0 aliphatic rings. The number of fused-ring (bicyclic) bond motifs is 2. The van der Waals surface area contributed by atoms with Gasteiger partial charge in [0, 0.05) is 6.07 Å². The summed E-state index contributed by atoms with van der Waals surface area (Å²) in [6, 6.07) is 6.69. The van der Waals surface area contributed by atoms with Crippen LogP contribution in [0.25, 0.3) is 22.1 Å². The molecule has 0 atom stereocenters. The van der Waals surface area contributed by atoms with Crippen molar-refractivity contribution in [3.63, 3.8) is 0 Å². The molecule has 0 bridgehead atoms. The van der Waals surface area contributed by atoms with Gasteiger partial charge in [0.05, 0.1) is 12.0 Å². The molecule has 1 aromatic carbocycles. The minimum Gasteiger partial charge on any atom is -0.462 e. The summed E-state index contributed by atoms with van der Waals surface area (Å²) < 4.78 is 10.6. The zero-order valence-electron chi connectivity index (χ0n) is 12.2. The second-order valence-electron chi connectivity index (χ2n) is 4.92. The van der Waals surface area contributed by atoms with Crippen molar-refractivity contribution in [3.05, 3.63) is 45.6 Å². The standard InChI is InChI=1S/C16H14N2O4/c1-3-21-16(20)10-7-12-13(18-15(10)17)14(19)9-6-8(2)4-5-11(9)22-12/h4-7H,3H2,1-2H3,(H2,17,18). The Bertz CT molecular complexity index is 960. The van der Waals surface area contributed by atoms with Crippen LogP contribution in [-0.4, -0.2) is 17.6 Å². The van der Waals surface area contributed by atoms with Gasteiger partial charge in [-0.3, -0.25) is 4.79 Å². The molecule has 22 heavy (non-hydrogen) atoms. The minimum atomic E-state index is -0.596. The number of hydrogen-bond donors (Lipinski definition) is 1. The van der Waals surface area contributed by atoms with E-state index in [2.05, 4.69) is 4.98 Å². The molecule has 2 heterocycles. The number of carbonyl (C=O) groups is 1. The lowest BCUT2D eigenvalue weighted by molar-refractivity contribution is 0.0527. The molecule has 0 saturated carbocycles. The number of rotatable bonds is 2. The van der Waals surface area contributed by atoms with Gasteiger partial charge in [-0.25, -0.2) is 9.78 Å². The van der Waals surface area contributed by atoms with Crippen LogP contribution >= 0.6 is 0 Å². The average molecular weight is 298 g/mol. The quantitative estimate of drug-likeness (QED) is 0.576. The number of aromatic nitrogens is 1. The maximum atomic E-state index is 12.5. The van der Waals surface area contributed by atoms with Crippen molar-refractivity contribution in [2.45, 2.75) is 13.8 Å². The Hall–Kier alpha value is -2.89. The molecule has 6 nitrogen and oxygen atoms in total. The summed E-state index contributed by atoms with van der Waals surface area (Å²) in [4.78, 5) is 28.4. The number of nitrogens with zero attached hydrogens (tertiary/aromatic N) is 1. The fraction of sp³-hybridized carbons (Fsp3) is 0.188. The van der Waals surface area contributed by atoms with Crippen molar-refractivity contribution in [1.82, 2.24) is 4.98 Å². The van der Waals surface area contributed by atoms with Crippen LogP contribution in [-0.2, 0) is 4.74 Å². The molecular formula is C16H14N2O4. The van der Waals surface area contributed by atoms with Crippen LogP contribution in [0.4, 0.5) is 5.82 Å². The van der Waals surface area contributed by atoms with E-state index in [-0.39, 0.29) is 34.5 Å². The Morgan fingerprint density at radius 2 is 2.09 bits per heavy atom. The molecule has 0 aliphatic carbocycles. The van der Waals surface area contributed by atoms with Crippen molar-refractivity contribution in [2.24, 2.45) is 0 Å². The van der Waals surface area contributed by atoms with E-state index in [1.165, 1.54) is 6.07 Å². The third-order valence-corrected chi connectivity index (χ3v) is 3.33. The highest BCUT2D eigenvalue weighted by Gasteiger charge is 2.17. The van der Waals surface area contributed by atoms with Crippen molar-refractivity contribution in [2.75, 3.05) is 12.3 Å². The Kier molecular flexibility index (Phi) is 3.29. The van der Waals surface area contributed by atoms with Gasteiger partial charge < -0.3 is 14.9 Å². The zero-order valence-corrected chi connectivity index (χ0v) is 12.2. The molecule has 0 amide bonds. The molecule has 2 N–H and O–H groups in total. The number of benzene rings is 1. The maximum Gasteiger partial charge on any atom is 0.342 e. The van der Waals surface area contributed by atoms with Crippen molar-refractivity contribution in [3.8, 4) is 0 Å². The molecular weight excluding hydrogens is 284 g/mol. The van der Waals surface area contributed by atoms with E-state index in [9.17, 15) is 9.59 Å². The smallest absolute Gasteiger partial charge is 0.342 e. The molecule has 6 heteroatoms. The van der Waals surface area contributed by atoms with E-state index in [0.29, 0.717) is 11.0 Å². The fourth-order valence-electron chi connectivity index (χ4n) is 2.28. The first-order chi connectivity index (χ1) is 10.5. The molecule has 0 aliphatic heterocycles. The summed E-state index contributed by atoms with van der Waals surface area (Å²) in [6.45, 7) is 3.80. The molecule has 0 fully saturated rings. The normalized spacial score (nSPS) is 11.0. The van der Waals surface area contributed by atoms with E-state index in [1.54, 1.807) is 19.1 Å². The average Bonchev–Trinajstić information content (AvgIpc) is 2.49. The van der Waals surface area contributed by atoms with Gasteiger partial charge in [-0.1, -0.05) is 11.6 Å². The van der Waals surface area contributed by atoms with Crippen molar-refractivity contribution >= 4 is 33.9 Å². The van der Waals surface area contributed by atoms with Crippen LogP contribution in [0.3, 0.4) is 0 Å². The molecule has 3 rings (SSSR count). The number of anilines is 1. The summed E-state index contributed by atoms with van der Waals surface area (Å²) in [5, 5.41) is 0.434. The van der Waals surface area contributed by atoms with Gasteiger partial charge >= 0.3 is 5.97 Å². The molecule has 0 radical (unpaired) electrons.